The van der Waals surface area contributed by atoms with Crippen molar-refractivity contribution in [3.05, 3.63) is 59.9 Å². The van der Waals surface area contributed by atoms with Crippen molar-refractivity contribution in [2.45, 2.75) is 39.5 Å². The number of hydrogen-bond donors (Lipinski definition) is 2. The van der Waals surface area contributed by atoms with Crippen LogP contribution in [0.4, 0.5) is 13.2 Å². The molecule has 1 aromatic heterocycles. The second-order valence-electron chi connectivity index (χ2n) is 7.68. The van der Waals surface area contributed by atoms with E-state index in [4.69, 9.17) is 0 Å². The van der Waals surface area contributed by atoms with Crippen LogP contribution in [0.5, 0.6) is 0 Å². The average molecular weight is 488 g/mol. The molecule has 0 aliphatic heterocycles. The summed E-state index contributed by atoms with van der Waals surface area (Å²) in [6.07, 6.45) is 5.72. The van der Waals surface area contributed by atoms with E-state index in [1.54, 1.807) is 31.5 Å². The molecule has 1 saturated carbocycles. The summed E-state index contributed by atoms with van der Waals surface area (Å²) in [7, 11) is 1.70. The molecular weight excluding hydrogens is 455 g/mol. The number of hydrogen-bond acceptors (Lipinski definition) is 4. The van der Waals surface area contributed by atoms with Gasteiger partial charge in [0.25, 0.3) is 0 Å². The zero-order chi connectivity index (χ0) is 25.8. The Bertz CT molecular complexity index is 1120. The third kappa shape index (κ3) is 8.27. The van der Waals surface area contributed by atoms with Crippen molar-refractivity contribution in [3.63, 3.8) is 0 Å². The predicted octanol–water partition coefficient (Wildman–Crippen LogP) is 6.10. The van der Waals surface area contributed by atoms with Crippen molar-refractivity contribution < 1.29 is 18.0 Å². The van der Waals surface area contributed by atoms with Crippen LogP contribution in [-0.2, 0) is 4.79 Å². The smallest absolute Gasteiger partial charge is 0.223 e. The fraction of sp³-hybridized carbons (Fsp3) is 0.346. The lowest BCUT2D eigenvalue weighted by atomic mass is 9.85. The molecule has 2 aromatic carbocycles. The van der Waals surface area contributed by atoms with Crippen LogP contribution in [-0.4, -0.2) is 42.5 Å². The molecule has 1 amide bonds. The van der Waals surface area contributed by atoms with E-state index in [1.165, 1.54) is 29.7 Å². The Balaban J connectivity index is 0.000000235. The number of aromatic nitrogens is 1. The number of nitrogens with one attached hydrogen (secondary N) is 2. The van der Waals surface area contributed by atoms with Crippen LogP contribution in [0.2, 0.25) is 0 Å². The molecular formula is C26H32F3N5O. The van der Waals surface area contributed by atoms with Gasteiger partial charge >= 0.3 is 0 Å². The van der Waals surface area contributed by atoms with Crippen LogP contribution in [0.1, 0.15) is 39.5 Å². The molecule has 3 aromatic rings. The summed E-state index contributed by atoms with van der Waals surface area (Å²) >= 11 is 0. The Morgan fingerprint density at radius 2 is 1.83 bits per heavy atom. The lowest BCUT2D eigenvalue weighted by Gasteiger charge is -2.23. The number of fused-ring (bicyclic) bond motifs is 1. The number of hydrazone groups is 2. The molecule has 1 aliphatic carbocycles. The van der Waals surface area contributed by atoms with Gasteiger partial charge in [-0.1, -0.05) is 20.3 Å². The molecule has 2 N–H and O–H groups in total. The minimum Gasteiger partial charge on any atom is -0.355 e. The normalized spacial score (nSPS) is 12.7. The van der Waals surface area contributed by atoms with E-state index in [1.807, 2.05) is 13.8 Å². The van der Waals surface area contributed by atoms with Crippen molar-refractivity contribution in [1.82, 2.24) is 15.4 Å². The average Bonchev–Trinajstić information content (AvgIpc) is 3.24. The zero-order valence-corrected chi connectivity index (χ0v) is 20.3. The van der Waals surface area contributed by atoms with Gasteiger partial charge in [0, 0.05) is 56.0 Å². The number of aromatic amines is 1. The second kappa shape index (κ2) is 13.9. The SMILES string of the molecule is C=NN(C)/N=C\CCNC(=O)C1CCC1.CC.Fc1ccc(-c2cc3cc(F)cc(F)c3[nH]2)cc1. The maximum atomic E-state index is 13.5. The molecule has 0 radical (unpaired) electrons. The Labute approximate surface area is 203 Å². The highest BCUT2D eigenvalue weighted by molar-refractivity contribution is 5.86. The van der Waals surface area contributed by atoms with Gasteiger partial charge in [-0.25, -0.2) is 13.2 Å². The van der Waals surface area contributed by atoms with Crippen molar-refractivity contribution >= 4 is 29.7 Å². The van der Waals surface area contributed by atoms with Crippen molar-refractivity contribution in [2.75, 3.05) is 13.6 Å². The van der Waals surface area contributed by atoms with Gasteiger partial charge in [-0.05, 0) is 54.8 Å². The molecule has 4 rings (SSSR count). The van der Waals surface area contributed by atoms with E-state index < -0.39 is 11.6 Å². The summed E-state index contributed by atoms with van der Waals surface area (Å²) in [5.41, 5.74) is 1.58. The summed E-state index contributed by atoms with van der Waals surface area (Å²) in [5.74, 6) is -1.15. The number of benzene rings is 2. The summed E-state index contributed by atoms with van der Waals surface area (Å²) in [6, 6.07) is 9.50. The zero-order valence-electron chi connectivity index (χ0n) is 20.3. The lowest BCUT2D eigenvalue weighted by Crippen LogP contribution is -2.35. The van der Waals surface area contributed by atoms with Gasteiger partial charge in [0.05, 0.1) is 5.52 Å². The Morgan fingerprint density at radius 1 is 1.14 bits per heavy atom. The maximum absolute atomic E-state index is 13.5. The van der Waals surface area contributed by atoms with Crippen LogP contribution in [0.25, 0.3) is 22.2 Å². The highest BCUT2D eigenvalue weighted by Crippen LogP contribution is 2.27. The van der Waals surface area contributed by atoms with Gasteiger partial charge in [0.1, 0.15) is 17.5 Å². The van der Waals surface area contributed by atoms with Gasteiger partial charge in [0.2, 0.25) is 5.91 Å². The number of nitrogens with zero attached hydrogens (tertiary/aromatic N) is 3. The van der Waals surface area contributed by atoms with Crippen LogP contribution >= 0.6 is 0 Å². The Hall–Kier alpha value is -3.62. The Morgan fingerprint density at radius 3 is 2.43 bits per heavy atom. The molecule has 188 valence electrons. The van der Waals surface area contributed by atoms with E-state index in [9.17, 15) is 18.0 Å². The van der Waals surface area contributed by atoms with Gasteiger partial charge in [0.15, 0.2) is 0 Å². The van der Waals surface area contributed by atoms with Crippen LogP contribution in [0, 0.1) is 23.4 Å². The third-order valence-corrected chi connectivity index (χ3v) is 5.30. The first-order valence-electron chi connectivity index (χ1n) is 11.6. The van der Waals surface area contributed by atoms with Crippen LogP contribution in [0.3, 0.4) is 0 Å². The molecule has 0 unspecified atom stereocenters. The third-order valence-electron chi connectivity index (χ3n) is 5.30. The number of amides is 1. The van der Waals surface area contributed by atoms with Crippen molar-refractivity contribution in [3.8, 4) is 11.3 Å². The summed E-state index contributed by atoms with van der Waals surface area (Å²) in [6.45, 7) is 7.96. The number of H-pyrrole nitrogens is 1. The summed E-state index contributed by atoms with van der Waals surface area (Å²) < 4.78 is 39.4. The second-order valence-corrected chi connectivity index (χ2v) is 7.68. The minimum absolute atomic E-state index is 0.185. The number of halogens is 3. The number of carbonyl (C=O) groups excluding carboxylic acids is 1. The summed E-state index contributed by atoms with van der Waals surface area (Å²) in [4.78, 5) is 14.2. The molecule has 35 heavy (non-hydrogen) atoms. The van der Waals surface area contributed by atoms with E-state index in [0.717, 1.165) is 25.3 Å². The molecule has 1 fully saturated rings. The monoisotopic (exact) mass is 487 g/mol. The minimum atomic E-state index is -0.640. The first-order chi connectivity index (χ1) is 16.9. The van der Waals surface area contributed by atoms with Gasteiger partial charge < -0.3 is 10.3 Å². The van der Waals surface area contributed by atoms with E-state index in [0.29, 0.717) is 23.2 Å². The summed E-state index contributed by atoms with van der Waals surface area (Å²) in [5, 5.41) is 12.2. The Kier molecular flexibility index (Phi) is 11.0. The van der Waals surface area contributed by atoms with E-state index in [-0.39, 0.29) is 23.2 Å². The lowest BCUT2D eigenvalue weighted by molar-refractivity contribution is -0.127. The molecule has 9 heteroatoms. The quantitative estimate of drug-likeness (QED) is 0.240. The molecule has 6 nitrogen and oxygen atoms in total. The molecule has 0 bridgehead atoms. The number of carbonyl (C=O) groups is 1. The topological polar surface area (TPSA) is 72.8 Å². The van der Waals surface area contributed by atoms with Gasteiger partial charge in [-0.3, -0.25) is 4.79 Å². The first kappa shape index (κ1) is 27.6. The molecule has 1 heterocycles. The maximum Gasteiger partial charge on any atom is 0.223 e. The van der Waals surface area contributed by atoms with Gasteiger partial charge in [-0.15, -0.1) is 0 Å². The standard InChI is InChI=1S/C14H8F3N.C10H18N4O.C2H6/c15-10-3-1-8(2-4-10)13-6-9-5-11(16)7-12(17)14(9)18-13;1-11-14(2)13-8-4-7-12-10(15)9-5-3-6-9;1-2/h1-7,18H;8-9H,1,3-7H2,2H3,(H,12,15);1-2H3/b;13-8-;. The highest BCUT2D eigenvalue weighted by Gasteiger charge is 2.24. The van der Waals surface area contributed by atoms with E-state index in [2.05, 4.69) is 27.2 Å². The molecule has 0 saturated heterocycles. The fourth-order valence-corrected chi connectivity index (χ4v) is 3.24. The van der Waals surface area contributed by atoms with Crippen molar-refractivity contribution in [2.24, 2.45) is 16.1 Å². The van der Waals surface area contributed by atoms with Crippen LogP contribution in [0.15, 0.2) is 52.7 Å². The van der Waals surface area contributed by atoms with E-state index >= 15 is 0 Å². The largest absolute Gasteiger partial charge is 0.355 e. The molecule has 0 atom stereocenters. The highest BCUT2D eigenvalue weighted by atomic mass is 19.1. The fourth-order valence-electron chi connectivity index (χ4n) is 3.24. The predicted molar refractivity (Wildman–Crippen MR) is 136 cm³/mol. The van der Waals surface area contributed by atoms with Crippen LogP contribution < -0.4 is 5.32 Å². The molecule has 0 spiro atoms. The number of rotatable bonds is 7. The first-order valence-corrected chi connectivity index (χ1v) is 11.6. The van der Waals surface area contributed by atoms with Crippen molar-refractivity contribution in [1.29, 1.82) is 0 Å². The molecule has 1 aliphatic rings. The van der Waals surface area contributed by atoms with Gasteiger partial charge in [-0.2, -0.15) is 15.3 Å².